The number of aromatic amines is 1. The number of nitrogen functional groups attached to an aromatic ring is 1. The van der Waals surface area contributed by atoms with Crippen LogP contribution in [-0.2, 0) is 6.42 Å². The highest BCUT2D eigenvalue weighted by atomic mass is 16.3. The highest BCUT2D eigenvalue weighted by Crippen LogP contribution is 2.25. The van der Waals surface area contributed by atoms with Crippen molar-refractivity contribution < 1.29 is 10.2 Å². The van der Waals surface area contributed by atoms with E-state index in [0.717, 1.165) is 5.56 Å². The van der Waals surface area contributed by atoms with E-state index >= 15 is 0 Å². The molecule has 22 heavy (non-hydrogen) atoms. The number of anilines is 2. The van der Waals surface area contributed by atoms with Gasteiger partial charge < -0.3 is 26.6 Å². The van der Waals surface area contributed by atoms with Crippen molar-refractivity contribution in [3.05, 3.63) is 23.8 Å². The van der Waals surface area contributed by atoms with Crippen molar-refractivity contribution in [2.75, 3.05) is 31.3 Å². The zero-order chi connectivity index (χ0) is 17.1. The minimum Gasteiger partial charge on any atom is -0.504 e. The summed E-state index contributed by atoms with van der Waals surface area (Å²) in [7, 11) is 3.35. The van der Waals surface area contributed by atoms with Gasteiger partial charge in [0.2, 0.25) is 11.9 Å². The molecule has 2 aromatic rings. The van der Waals surface area contributed by atoms with Gasteiger partial charge in [-0.15, -0.1) is 5.10 Å². The maximum Gasteiger partial charge on any atom is 0.246 e. The number of rotatable bonds is 4. The molecule has 1 aromatic carbocycles. The molecule has 2 rings (SSSR count). The summed E-state index contributed by atoms with van der Waals surface area (Å²) >= 11 is 0. The van der Waals surface area contributed by atoms with Gasteiger partial charge >= 0.3 is 0 Å². The highest BCUT2D eigenvalue weighted by molar-refractivity contribution is 5.41. The molecule has 0 bridgehead atoms. The van der Waals surface area contributed by atoms with E-state index in [1.54, 1.807) is 6.07 Å². The number of aromatic hydroxyl groups is 2. The summed E-state index contributed by atoms with van der Waals surface area (Å²) in [6.07, 6.45) is 0.693. The van der Waals surface area contributed by atoms with Gasteiger partial charge in [-0.05, 0) is 31.2 Å². The second kappa shape index (κ2) is 10.3. The third kappa shape index (κ3) is 5.88. The number of nitrogens with one attached hydrogen (secondary N) is 1. The van der Waals surface area contributed by atoms with E-state index in [1.165, 1.54) is 19.2 Å². The fraction of sp³-hybridized carbons (Fsp3) is 0.429. The van der Waals surface area contributed by atoms with Gasteiger partial charge in [-0.2, -0.15) is 4.98 Å². The lowest BCUT2D eigenvalue weighted by Crippen LogP contribution is -2.21. The van der Waals surface area contributed by atoms with Crippen molar-refractivity contribution >= 4 is 11.9 Å². The molecule has 124 valence electrons. The van der Waals surface area contributed by atoms with Gasteiger partial charge in [-0.1, -0.05) is 19.9 Å². The Balaban J connectivity index is 0.00000102. The largest absolute Gasteiger partial charge is 0.504 e. The van der Waals surface area contributed by atoms with E-state index in [4.69, 9.17) is 5.73 Å². The fourth-order valence-corrected chi connectivity index (χ4v) is 1.56. The number of H-pyrrole nitrogens is 1. The van der Waals surface area contributed by atoms with Crippen molar-refractivity contribution in [1.82, 2.24) is 15.2 Å². The Hall–Kier alpha value is -2.48. The van der Waals surface area contributed by atoms with Crippen LogP contribution in [0.4, 0.5) is 11.9 Å². The summed E-state index contributed by atoms with van der Waals surface area (Å²) < 4.78 is 0. The third-order valence-corrected chi connectivity index (χ3v) is 2.61. The topological polar surface area (TPSA) is 137 Å². The SMILES string of the molecule is CC.CN.CN(CCc1ccc(O)c(O)c1)c1n[nH]c(N)n1. The number of nitrogens with two attached hydrogens (primary N) is 2. The lowest BCUT2D eigenvalue weighted by Gasteiger charge is -2.14. The molecule has 0 aliphatic rings. The molecule has 8 heteroatoms. The minimum atomic E-state index is -0.117. The van der Waals surface area contributed by atoms with Gasteiger partial charge in [0.1, 0.15) is 0 Å². The molecular weight excluding hydrogens is 284 g/mol. The van der Waals surface area contributed by atoms with Crippen LogP contribution in [0.5, 0.6) is 11.5 Å². The van der Waals surface area contributed by atoms with E-state index in [2.05, 4.69) is 20.9 Å². The third-order valence-electron chi connectivity index (χ3n) is 2.61. The molecule has 0 fully saturated rings. The fourth-order valence-electron chi connectivity index (χ4n) is 1.56. The van der Waals surface area contributed by atoms with Gasteiger partial charge in [0, 0.05) is 13.6 Å². The number of benzene rings is 1. The predicted molar refractivity (Wildman–Crippen MR) is 89.0 cm³/mol. The monoisotopic (exact) mass is 310 g/mol. The Bertz CT molecular complexity index is 544. The van der Waals surface area contributed by atoms with Crippen molar-refractivity contribution in [3.63, 3.8) is 0 Å². The Morgan fingerprint density at radius 3 is 2.32 bits per heavy atom. The van der Waals surface area contributed by atoms with Crippen molar-refractivity contribution in [1.29, 1.82) is 0 Å². The van der Waals surface area contributed by atoms with Crippen molar-refractivity contribution in [3.8, 4) is 11.5 Å². The van der Waals surface area contributed by atoms with E-state index in [0.29, 0.717) is 18.9 Å². The second-order valence-electron chi connectivity index (χ2n) is 4.02. The Morgan fingerprint density at radius 2 is 1.82 bits per heavy atom. The summed E-state index contributed by atoms with van der Waals surface area (Å²) in [6, 6.07) is 4.76. The first-order valence-corrected chi connectivity index (χ1v) is 7.04. The lowest BCUT2D eigenvalue weighted by atomic mass is 10.1. The molecule has 0 radical (unpaired) electrons. The predicted octanol–water partition coefficient (Wildman–Crippen LogP) is 1.08. The molecule has 0 spiro atoms. The van der Waals surface area contributed by atoms with Crippen molar-refractivity contribution in [2.24, 2.45) is 5.73 Å². The molecule has 7 N–H and O–H groups in total. The quantitative estimate of drug-likeness (QED) is 0.533. The number of phenolic OH excluding ortho intramolecular Hbond substituents is 2. The average Bonchev–Trinajstić information content (AvgIpc) is 2.99. The summed E-state index contributed by atoms with van der Waals surface area (Å²) in [4.78, 5) is 5.85. The summed E-state index contributed by atoms with van der Waals surface area (Å²) in [5.41, 5.74) is 10.9. The van der Waals surface area contributed by atoms with Crippen LogP contribution in [0, 0.1) is 0 Å². The number of likely N-dealkylation sites (N-methyl/N-ethyl adjacent to an activating group) is 1. The first-order chi connectivity index (χ1) is 10.6. The molecule has 0 amide bonds. The standard InChI is InChI=1S/C11H15N5O2.C2H6.CH5N/c1-16(11-13-10(12)14-15-11)5-4-7-2-3-8(17)9(18)6-7;2*1-2/h2-3,6,17-18H,4-5H2,1H3,(H3,12,13,14,15);1-2H3;2H2,1H3. The number of phenols is 2. The summed E-state index contributed by atoms with van der Waals surface area (Å²) in [6.45, 7) is 4.67. The molecule has 0 saturated carbocycles. The van der Waals surface area contributed by atoms with Gasteiger partial charge in [-0.25, -0.2) is 5.10 Å². The molecule has 0 aliphatic heterocycles. The minimum absolute atomic E-state index is 0.114. The van der Waals surface area contributed by atoms with E-state index in [-0.39, 0.29) is 17.4 Å². The molecule has 1 heterocycles. The van der Waals surface area contributed by atoms with Crippen LogP contribution >= 0.6 is 0 Å². The number of aromatic nitrogens is 3. The molecule has 0 atom stereocenters. The molecule has 1 aromatic heterocycles. The van der Waals surface area contributed by atoms with E-state index < -0.39 is 0 Å². The Labute approximate surface area is 130 Å². The smallest absolute Gasteiger partial charge is 0.246 e. The van der Waals surface area contributed by atoms with Crippen LogP contribution in [-0.4, -0.2) is 46.0 Å². The van der Waals surface area contributed by atoms with Gasteiger partial charge in [0.15, 0.2) is 11.5 Å². The molecular formula is C14H26N6O2. The van der Waals surface area contributed by atoms with Gasteiger partial charge in [-0.3, -0.25) is 0 Å². The Kier molecular flexibility index (Phi) is 9.12. The zero-order valence-corrected chi connectivity index (χ0v) is 13.5. The van der Waals surface area contributed by atoms with Crippen LogP contribution in [0.15, 0.2) is 18.2 Å². The average molecular weight is 310 g/mol. The van der Waals surface area contributed by atoms with Gasteiger partial charge in [0.25, 0.3) is 0 Å². The number of hydrogen-bond acceptors (Lipinski definition) is 7. The summed E-state index contributed by atoms with van der Waals surface area (Å²) in [5, 5.41) is 25.1. The molecule has 0 aliphatic carbocycles. The first-order valence-electron chi connectivity index (χ1n) is 7.04. The zero-order valence-electron chi connectivity index (χ0n) is 13.5. The van der Waals surface area contributed by atoms with Crippen molar-refractivity contribution in [2.45, 2.75) is 20.3 Å². The highest BCUT2D eigenvalue weighted by Gasteiger charge is 2.07. The summed E-state index contributed by atoms with van der Waals surface area (Å²) in [5.74, 6) is 0.570. The first kappa shape index (κ1) is 19.5. The maximum atomic E-state index is 9.38. The molecule has 0 unspecified atom stereocenters. The van der Waals surface area contributed by atoms with E-state index in [9.17, 15) is 10.2 Å². The Morgan fingerprint density at radius 1 is 1.18 bits per heavy atom. The second-order valence-corrected chi connectivity index (χ2v) is 4.02. The van der Waals surface area contributed by atoms with Crippen LogP contribution in [0.25, 0.3) is 0 Å². The maximum absolute atomic E-state index is 9.38. The van der Waals surface area contributed by atoms with Gasteiger partial charge in [0.05, 0.1) is 0 Å². The molecule has 8 nitrogen and oxygen atoms in total. The van der Waals surface area contributed by atoms with Crippen LogP contribution in [0.3, 0.4) is 0 Å². The molecule has 0 saturated heterocycles. The normalized spacial score (nSPS) is 9.14. The van der Waals surface area contributed by atoms with Crippen LogP contribution in [0.2, 0.25) is 0 Å². The van der Waals surface area contributed by atoms with Crippen LogP contribution < -0.4 is 16.4 Å². The lowest BCUT2D eigenvalue weighted by molar-refractivity contribution is 0.403. The number of hydrogen-bond donors (Lipinski definition) is 5. The number of nitrogens with zero attached hydrogens (tertiary/aromatic N) is 3. The van der Waals surface area contributed by atoms with Crippen LogP contribution in [0.1, 0.15) is 19.4 Å². The van der Waals surface area contributed by atoms with E-state index in [1.807, 2.05) is 25.8 Å².